The first kappa shape index (κ1) is 26.8. The molecule has 2 aliphatic rings. The molecule has 3 aromatic heterocycles. The third-order valence-electron chi connectivity index (χ3n) is 8.55. The molecule has 1 unspecified atom stereocenters. The van der Waals surface area contributed by atoms with Gasteiger partial charge in [0.15, 0.2) is 5.65 Å². The molecule has 2 atom stereocenters. The maximum atomic E-state index is 13.3. The van der Waals surface area contributed by atoms with Gasteiger partial charge in [-0.15, -0.1) is 4.72 Å². The lowest BCUT2D eigenvalue weighted by Gasteiger charge is -2.44. The van der Waals surface area contributed by atoms with Gasteiger partial charge in [-0.1, -0.05) is 54.2 Å². The van der Waals surface area contributed by atoms with E-state index in [4.69, 9.17) is 9.97 Å². The Morgan fingerprint density at radius 1 is 0.951 bits per heavy atom. The molecule has 0 bridgehead atoms. The number of nitrogens with zero attached hydrogens (tertiary/aromatic N) is 5. The Morgan fingerprint density at radius 3 is 2.56 bits per heavy atom. The van der Waals surface area contributed by atoms with E-state index < -0.39 is 11.4 Å². The van der Waals surface area contributed by atoms with Crippen molar-refractivity contribution in [3.8, 4) is 0 Å². The molecule has 1 aliphatic carbocycles. The Hall–Kier alpha value is -3.11. The van der Waals surface area contributed by atoms with Gasteiger partial charge in [0.1, 0.15) is 4.75 Å². The first-order valence-electron chi connectivity index (χ1n) is 14.2. The fourth-order valence-electron chi connectivity index (χ4n) is 6.34. The second-order valence-corrected chi connectivity index (χ2v) is 15.2. The number of anilines is 1. The summed E-state index contributed by atoms with van der Waals surface area (Å²) in [6.45, 7) is 7.88. The molecule has 2 aromatic carbocycles. The van der Waals surface area contributed by atoms with Crippen molar-refractivity contribution >= 4 is 45.6 Å². The molecular formula is C32H34N6OS2. The molecular weight excluding hydrogens is 549 g/mol. The van der Waals surface area contributed by atoms with Crippen LogP contribution in [0.2, 0.25) is 0 Å². The zero-order chi connectivity index (χ0) is 28.2. The number of aromatic nitrogens is 4. The van der Waals surface area contributed by atoms with Crippen molar-refractivity contribution in [1.29, 1.82) is 0 Å². The topological polar surface area (TPSA) is 81.4 Å². The van der Waals surface area contributed by atoms with E-state index in [1.165, 1.54) is 11.1 Å². The second-order valence-electron chi connectivity index (χ2n) is 12.1. The molecule has 1 saturated heterocycles. The number of benzene rings is 2. The van der Waals surface area contributed by atoms with Crippen molar-refractivity contribution in [2.45, 2.75) is 60.6 Å². The average molecular weight is 583 g/mol. The summed E-state index contributed by atoms with van der Waals surface area (Å²) in [7, 11) is 0. The number of rotatable bonds is 5. The molecule has 41 heavy (non-hydrogen) atoms. The minimum atomic E-state index is -1.14. The first-order chi connectivity index (χ1) is 19.8. The van der Waals surface area contributed by atoms with Gasteiger partial charge in [0, 0.05) is 64.9 Å². The van der Waals surface area contributed by atoms with Crippen LogP contribution in [0.1, 0.15) is 50.8 Å². The van der Waals surface area contributed by atoms with E-state index in [0.29, 0.717) is 0 Å². The highest BCUT2D eigenvalue weighted by Gasteiger charge is 2.50. The number of para-hydroxylation sites is 1. The second kappa shape index (κ2) is 10.3. The van der Waals surface area contributed by atoms with E-state index in [9.17, 15) is 4.55 Å². The van der Waals surface area contributed by atoms with Crippen LogP contribution in [-0.4, -0.2) is 41.7 Å². The maximum Gasteiger partial charge on any atom is 0.211 e. The third-order valence-corrected chi connectivity index (χ3v) is 11.2. The lowest BCUT2D eigenvalue weighted by molar-refractivity contribution is 0.175. The van der Waals surface area contributed by atoms with Crippen LogP contribution >= 0.6 is 11.8 Å². The number of hydrogen-bond acceptors (Lipinski definition) is 7. The average Bonchev–Trinajstić information content (AvgIpc) is 3.58. The van der Waals surface area contributed by atoms with Crippen LogP contribution in [-0.2, 0) is 17.8 Å². The van der Waals surface area contributed by atoms with Crippen LogP contribution in [0.5, 0.6) is 0 Å². The molecule has 210 valence electrons. The highest BCUT2D eigenvalue weighted by Crippen LogP contribution is 2.53. The Bertz CT molecular complexity index is 1720. The van der Waals surface area contributed by atoms with E-state index >= 15 is 0 Å². The molecule has 5 aromatic rings. The minimum absolute atomic E-state index is 0.0351. The normalized spacial score (nSPS) is 19.2. The summed E-state index contributed by atoms with van der Waals surface area (Å²) in [6.07, 6.45) is 10.7. The van der Waals surface area contributed by atoms with Crippen LogP contribution in [0.4, 0.5) is 5.95 Å². The molecule has 0 radical (unpaired) electrons. The van der Waals surface area contributed by atoms with Crippen molar-refractivity contribution < 1.29 is 4.55 Å². The molecule has 4 heterocycles. The quantitative estimate of drug-likeness (QED) is 0.241. The van der Waals surface area contributed by atoms with Crippen molar-refractivity contribution in [2.24, 2.45) is 5.41 Å². The number of hydrogen-bond donors (Lipinski definition) is 1. The maximum absolute atomic E-state index is 13.3. The molecule has 1 spiro atoms. The lowest BCUT2D eigenvalue weighted by Crippen LogP contribution is -2.50. The van der Waals surface area contributed by atoms with Crippen molar-refractivity contribution in [2.75, 3.05) is 18.0 Å². The highest BCUT2D eigenvalue weighted by molar-refractivity contribution is 7.99. The Balaban J connectivity index is 1.15. The van der Waals surface area contributed by atoms with E-state index in [1.54, 1.807) is 11.8 Å². The standard InChI is InChI=1S/C32H34N6OS2/c1-31(2,3)41(39)36-28-23-9-5-4-8-22(23)20-32(28)13-17-37(18-14-32)30-35-21-27(29-34-16-19-38(29)30)40-26-12-15-33-25-11-7-6-10-24(25)26/h4-12,15-16,19,21,28,36H,13-14,17-18,20H2,1-3H3/t28-,41?/m1/s1. The SMILES string of the molecule is CC(C)(C)[S+]([O-])N[C@@H]1c2ccccc2CC12CCN(c1ncc(Sc3ccnc4ccccc34)c3nccn13)CC2. The number of piperidine rings is 1. The van der Waals surface area contributed by atoms with Gasteiger partial charge in [-0.05, 0) is 63.3 Å². The minimum Gasteiger partial charge on any atom is -0.598 e. The van der Waals surface area contributed by atoms with Gasteiger partial charge in [0.05, 0.1) is 16.5 Å². The Labute approximate surface area is 248 Å². The van der Waals surface area contributed by atoms with Gasteiger partial charge in [0.2, 0.25) is 5.95 Å². The number of nitrogens with one attached hydrogen (secondary N) is 1. The molecule has 1 N–H and O–H groups in total. The van der Waals surface area contributed by atoms with Crippen LogP contribution in [0.25, 0.3) is 16.6 Å². The summed E-state index contributed by atoms with van der Waals surface area (Å²) in [5, 5.41) is 1.13. The van der Waals surface area contributed by atoms with Crippen LogP contribution in [0.15, 0.2) is 89.2 Å². The fraction of sp³-hybridized carbons (Fsp3) is 0.344. The molecule has 1 aliphatic heterocycles. The van der Waals surface area contributed by atoms with Crippen molar-refractivity contribution in [3.63, 3.8) is 0 Å². The lowest BCUT2D eigenvalue weighted by atomic mass is 9.73. The zero-order valence-corrected chi connectivity index (χ0v) is 25.2. The monoisotopic (exact) mass is 582 g/mol. The summed E-state index contributed by atoms with van der Waals surface area (Å²) >= 11 is 0.538. The van der Waals surface area contributed by atoms with Crippen LogP contribution in [0, 0.1) is 5.41 Å². The molecule has 1 fully saturated rings. The Morgan fingerprint density at radius 2 is 1.73 bits per heavy atom. The van der Waals surface area contributed by atoms with E-state index in [2.05, 4.69) is 55.4 Å². The summed E-state index contributed by atoms with van der Waals surface area (Å²) in [6, 6.07) is 19.0. The van der Waals surface area contributed by atoms with E-state index in [0.717, 1.165) is 64.6 Å². The van der Waals surface area contributed by atoms with Gasteiger partial charge < -0.3 is 9.45 Å². The largest absolute Gasteiger partial charge is 0.598 e. The van der Waals surface area contributed by atoms with Crippen molar-refractivity contribution in [3.05, 3.63) is 90.5 Å². The zero-order valence-electron chi connectivity index (χ0n) is 23.6. The third kappa shape index (κ3) is 4.78. The van der Waals surface area contributed by atoms with Gasteiger partial charge in [-0.3, -0.25) is 9.38 Å². The first-order valence-corrected chi connectivity index (χ1v) is 16.1. The number of fused-ring (bicyclic) bond motifs is 3. The predicted octanol–water partition coefficient (Wildman–Crippen LogP) is 6.36. The van der Waals surface area contributed by atoms with Gasteiger partial charge >= 0.3 is 0 Å². The van der Waals surface area contributed by atoms with Crippen molar-refractivity contribution in [1.82, 2.24) is 24.1 Å². The van der Waals surface area contributed by atoms with E-state index in [1.807, 2.05) is 63.8 Å². The van der Waals surface area contributed by atoms with E-state index in [-0.39, 0.29) is 16.2 Å². The fourth-order valence-corrected chi connectivity index (χ4v) is 8.29. The molecule has 0 saturated carbocycles. The summed E-state index contributed by atoms with van der Waals surface area (Å²) in [5.74, 6) is 0.926. The molecule has 7 rings (SSSR count). The Kier molecular flexibility index (Phi) is 6.73. The van der Waals surface area contributed by atoms with Gasteiger partial charge in [-0.25, -0.2) is 9.97 Å². The molecule has 9 heteroatoms. The van der Waals surface area contributed by atoms with Gasteiger partial charge in [0.25, 0.3) is 0 Å². The smallest absolute Gasteiger partial charge is 0.211 e. The summed E-state index contributed by atoms with van der Waals surface area (Å²) < 4.78 is 18.6. The predicted molar refractivity (Wildman–Crippen MR) is 167 cm³/mol. The number of pyridine rings is 1. The molecule has 0 amide bonds. The van der Waals surface area contributed by atoms with Gasteiger partial charge in [-0.2, -0.15) is 0 Å². The summed E-state index contributed by atoms with van der Waals surface area (Å²) in [5.41, 5.74) is 4.61. The molecule has 7 nitrogen and oxygen atoms in total. The summed E-state index contributed by atoms with van der Waals surface area (Å²) in [4.78, 5) is 18.8. The number of imidazole rings is 1. The van der Waals surface area contributed by atoms with Crippen LogP contribution < -0.4 is 9.62 Å². The highest BCUT2D eigenvalue weighted by atomic mass is 32.2. The van der Waals surface area contributed by atoms with Crippen LogP contribution in [0.3, 0.4) is 0 Å².